The number of aromatic nitrogens is 12. The predicted octanol–water partition coefficient (Wildman–Crippen LogP) is 6.18. The van der Waals surface area contributed by atoms with Gasteiger partial charge in [0.15, 0.2) is 0 Å². The molecule has 17 rings (SSSR count). The number of amidine groups is 1. The normalized spacial score (nSPS) is 14.9. The zero-order chi connectivity index (χ0) is 81.8. The summed E-state index contributed by atoms with van der Waals surface area (Å²) in [6.07, 6.45) is 14.7. The van der Waals surface area contributed by atoms with Crippen LogP contribution in [0, 0.1) is 0 Å². The predicted molar refractivity (Wildman–Crippen MR) is 465 cm³/mol. The molecule has 0 spiro atoms. The number of aryl methyl sites for hydroxylation is 5. The average Bonchev–Trinajstić information content (AvgIpc) is 1.79. The summed E-state index contributed by atoms with van der Waals surface area (Å²) in [5.74, 6) is 1.79. The Morgan fingerprint density at radius 1 is 0.440 bits per heavy atom. The maximum Gasteiger partial charge on any atom is 0.261 e. The Kier molecular flexibility index (Phi) is 29.0. The summed E-state index contributed by atoms with van der Waals surface area (Å²) in [6, 6.07) is 32.4. The highest BCUT2D eigenvalue weighted by molar-refractivity contribution is 6.02. The van der Waals surface area contributed by atoms with E-state index >= 15 is 0 Å². The zero-order valence-corrected chi connectivity index (χ0v) is 68.4. The van der Waals surface area contributed by atoms with Crippen LogP contribution in [-0.4, -0.2) is 247 Å². The van der Waals surface area contributed by atoms with E-state index in [0.717, 1.165) is 216 Å². The van der Waals surface area contributed by atoms with Crippen molar-refractivity contribution in [3.8, 4) is 0 Å². The van der Waals surface area contributed by atoms with Gasteiger partial charge in [0.05, 0.1) is 130 Å². The Balaban J connectivity index is 0.000000129. The van der Waals surface area contributed by atoms with Crippen molar-refractivity contribution < 1.29 is 9.47 Å². The van der Waals surface area contributed by atoms with Gasteiger partial charge in [-0.1, -0.05) is 12.5 Å². The van der Waals surface area contributed by atoms with Gasteiger partial charge in [-0.15, -0.1) is 0 Å². The van der Waals surface area contributed by atoms with E-state index in [0.29, 0.717) is 32.3 Å². The average molecular weight is 1580 g/mol. The van der Waals surface area contributed by atoms with E-state index in [1.165, 1.54) is 60.8 Å². The molecule has 3 fully saturated rings. The van der Waals surface area contributed by atoms with Crippen LogP contribution in [0.1, 0.15) is 42.6 Å². The van der Waals surface area contributed by atoms with Crippen LogP contribution in [0.25, 0.3) is 65.4 Å². The number of rotatable bonds is 18. The lowest BCUT2D eigenvalue weighted by Crippen LogP contribution is -2.39. The van der Waals surface area contributed by atoms with Crippen LogP contribution in [0.2, 0.25) is 0 Å². The van der Waals surface area contributed by atoms with Gasteiger partial charge in [-0.05, 0) is 162 Å². The van der Waals surface area contributed by atoms with Crippen molar-refractivity contribution in [2.75, 3.05) is 186 Å². The summed E-state index contributed by atoms with van der Waals surface area (Å²) < 4.78 is 19.8. The topological polar surface area (TPSA) is 317 Å². The van der Waals surface area contributed by atoms with Gasteiger partial charge in [-0.25, -0.2) is 29.9 Å². The van der Waals surface area contributed by atoms with Crippen molar-refractivity contribution in [2.24, 2.45) is 47.3 Å². The number of aliphatic imine (C=N–C) groups is 1. The summed E-state index contributed by atoms with van der Waals surface area (Å²) in [6.45, 7) is 19.3. The Morgan fingerprint density at radius 2 is 0.862 bits per heavy atom. The fourth-order valence-electron chi connectivity index (χ4n) is 14.3. The number of ether oxygens (including phenoxy) is 2. The zero-order valence-electron chi connectivity index (χ0n) is 68.4. The molecule has 0 bridgehead atoms. The quantitative estimate of drug-likeness (QED) is 0.0599. The van der Waals surface area contributed by atoms with Crippen molar-refractivity contribution >= 4 is 99.7 Å². The molecule has 0 unspecified atom stereocenters. The van der Waals surface area contributed by atoms with Crippen molar-refractivity contribution in [3.63, 3.8) is 0 Å². The standard InChI is InChI=1S/C16H22N4O2.C16H22N4O.C15H20N4O2.C14H20N4O.C13H14N4O.C11H11N3O/c1-19-12-18-15-11-13(3-4-14(15)16(19)21)17-5-2-6-20-7-9-22-10-8-20;1-19-12-18-15-11-13(5-6-14(15)16(19)21)17-7-10-20-8-3-2-4-9-20;1-18-11-17-14-10-12(2-3-13(14)15(18)20)16-4-5-19-6-8-21-9-7-19;1-15-10-5-6-11-12(9-10)16-13(7-8-17(2)3)18(4)14(11)19;1-16-6-5-14-12(16)9-3-4-10-11(7-9)15-8-17(2)13(10)18;1-14-6-13-10-5-9-7(2-3-12-9)4-8(10)11(14)15/h3-4,11-12,17H,2,5-10H2,1H3;5-6,11-12,17H,2-4,7-10H2,1H3;2-3,10-11,16H,4-9H2,1H3;5-6,9,15H,7-8H2,1-4H3;3-4,7-8H,5-6H2,1-2H3;4-6,12H,2-3H2,1H3. The number of morpholine rings is 2. The van der Waals surface area contributed by atoms with Crippen LogP contribution >= 0.6 is 0 Å². The van der Waals surface area contributed by atoms with Crippen molar-refractivity contribution in [1.29, 1.82) is 0 Å². The van der Waals surface area contributed by atoms with Crippen molar-refractivity contribution in [2.45, 2.75) is 38.5 Å². The molecule has 0 atom stereocenters. The third kappa shape index (κ3) is 21.7. The molecular formula is C85H109N23O8. The van der Waals surface area contributed by atoms with Gasteiger partial charge in [0.25, 0.3) is 33.4 Å². The van der Waals surface area contributed by atoms with Crippen LogP contribution < -0.4 is 59.9 Å². The fraction of sp³-hybridized carbons (Fsp3) is 0.424. The van der Waals surface area contributed by atoms with E-state index < -0.39 is 0 Å². The number of piperidine rings is 1. The molecule has 0 radical (unpaired) electrons. The molecule has 31 heteroatoms. The van der Waals surface area contributed by atoms with E-state index in [2.05, 4.69) is 86.0 Å². The molecule has 5 N–H and O–H groups in total. The number of benzene rings is 6. The first-order valence-corrected chi connectivity index (χ1v) is 39.8. The molecule has 612 valence electrons. The van der Waals surface area contributed by atoms with Crippen molar-refractivity contribution in [1.82, 2.24) is 81.8 Å². The Bertz CT molecular complexity index is 5700. The lowest BCUT2D eigenvalue weighted by molar-refractivity contribution is 0.0378. The van der Waals surface area contributed by atoms with Gasteiger partial charge in [0.1, 0.15) is 11.7 Å². The Morgan fingerprint density at radius 3 is 1.34 bits per heavy atom. The second kappa shape index (κ2) is 40.1. The highest BCUT2D eigenvalue weighted by Crippen LogP contribution is 2.26. The highest BCUT2D eigenvalue weighted by Gasteiger charge is 2.19. The van der Waals surface area contributed by atoms with E-state index in [1.54, 1.807) is 78.5 Å². The third-order valence-corrected chi connectivity index (χ3v) is 21.2. The fourth-order valence-corrected chi connectivity index (χ4v) is 14.3. The van der Waals surface area contributed by atoms with E-state index in [9.17, 15) is 28.8 Å². The van der Waals surface area contributed by atoms with Gasteiger partial charge in [-0.2, -0.15) is 0 Å². The number of nitrogens with one attached hydrogen (secondary N) is 5. The largest absolute Gasteiger partial charge is 0.388 e. The molecular weight excluding hydrogens is 1470 g/mol. The molecule has 0 amide bonds. The summed E-state index contributed by atoms with van der Waals surface area (Å²) in [7, 11) is 18.3. The number of hydrogen-bond donors (Lipinski definition) is 5. The Labute approximate surface area is 673 Å². The summed E-state index contributed by atoms with van der Waals surface area (Å²) in [5, 5.41) is 20.6. The molecule has 12 aromatic rings. The van der Waals surface area contributed by atoms with Crippen LogP contribution in [-0.2, 0) is 64.6 Å². The molecule has 5 aliphatic heterocycles. The molecule has 0 aliphatic carbocycles. The minimum absolute atomic E-state index is 0.000123. The lowest BCUT2D eigenvalue weighted by Gasteiger charge is -2.26. The lowest BCUT2D eigenvalue weighted by atomic mass is 10.1. The van der Waals surface area contributed by atoms with Crippen LogP contribution in [0.5, 0.6) is 0 Å². The molecule has 6 aromatic heterocycles. The number of fused-ring (bicyclic) bond motifs is 7. The van der Waals surface area contributed by atoms with Crippen LogP contribution in [0.4, 0.5) is 28.4 Å². The van der Waals surface area contributed by atoms with E-state index in [-0.39, 0.29) is 33.4 Å². The third-order valence-electron chi connectivity index (χ3n) is 21.2. The first kappa shape index (κ1) is 83.8. The van der Waals surface area contributed by atoms with Crippen molar-refractivity contribution in [3.05, 3.63) is 214 Å². The van der Waals surface area contributed by atoms with Gasteiger partial charge in [-0.3, -0.25) is 48.1 Å². The van der Waals surface area contributed by atoms with Gasteiger partial charge in [0.2, 0.25) is 0 Å². The van der Waals surface area contributed by atoms with Gasteiger partial charge < -0.3 is 73.6 Å². The van der Waals surface area contributed by atoms with Crippen LogP contribution in [0.3, 0.4) is 0 Å². The summed E-state index contributed by atoms with van der Waals surface area (Å²) >= 11 is 0. The first-order valence-electron chi connectivity index (χ1n) is 39.8. The second-order valence-corrected chi connectivity index (χ2v) is 29.9. The first-order chi connectivity index (χ1) is 56.2. The second-order valence-electron chi connectivity index (χ2n) is 29.9. The maximum absolute atomic E-state index is 12.3. The van der Waals surface area contributed by atoms with E-state index in [1.807, 2.05) is 131 Å². The minimum atomic E-state index is -0.0201. The smallest absolute Gasteiger partial charge is 0.261 e. The number of likely N-dealkylation sites (N-methyl/N-ethyl adjacent to an activating group) is 2. The number of likely N-dealkylation sites (tertiary alicyclic amines) is 1. The molecule has 31 nitrogen and oxygen atoms in total. The maximum atomic E-state index is 12.3. The molecule has 11 heterocycles. The summed E-state index contributed by atoms with van der Waals surface area (Å²) in [5.41, 5.74) is 11.8. The molecule has 116 heavy (non-hydrogen) atoms. The van der Waals surface area contributed by atoms with Gasteiger partial charge >= 0.3 is 0 Å². The number of hydrogen-bond acceptors (Lipinski definition) is 25. The molecule has 5 aliphatic rings. The highest BCUT2D eigenvalue weighted by atomic mass is 16.5. The van der Waals surface area contributed by atoms with E-state index in [4.69, 9.17) is 9.47 Å². The summed E-state index contributed by atoms with van der Waals surface area (Å²) in [4.78, 5) is 114. The van der Waals surface area contributed by atoms with Crippen LogP contribution in [0.15, 0.2) is 169 Å². The molecule has 3 saturated heterocycles. The monoisotopic (exact) mass is 1580 g/mol. The SMILES string of the molecule is CN1CCN=C1c1ccc2c(=O)n(C)cnc2c1.CNc1ccc2c(=O)n(C)c(CCN(C)C)nc2c1.Cn1cnc2cc(NCCCN3CCOCC3)ccc2c1=O.Cn1cnc2cc(NCCN3CCCCC3)ccc2c1=O.Cn1cnc2cc(NCCN3CCOCC3)ccc2c1=O.Cn1cnc2cc3c(cc2c1=O)CCN3. The molecule has 6 aromatic carbocycles. The number of nitrogens with zero attached hydrogens (tertiary/aromatic N) is 18. The Hall–Kier alpha value is -11.6. The minimum Gasteiger partial charge on any atom is -0.388 e. The molecule has 0 saturated carbocycles. The van der Waals surface area contributed by atoms with Gasteiger partial charge in [0, 0.05) is 175 Å². The number of anilines is 5.